The van der Waals surface area contributed by atoms with Crippen molar-refractivity contribution in [2.24, 2.45) is 5.73 Å². The van der Waals surface area contributed by atoms with E-state index in [0.29, 0.717) is 30.1 Å². The molecule has 0 unspecified atom stereocenters. The van der Waals surface area contributed by atoms with Crippen LogP contribution >= 0.6 is 12.2 Å². The molecule has 0 aliphatic carbocycles. The Morgan fingerprint density at radius 1 is 1.14 bits per heavy atom. The lowest BCUT2D eigenvalue weighted by Gasteiger charge is -2.07. The van der Waals surface area contributed by atoms with Crippen LogP contribution in [0, 0.1) is 0 Å². The fourth-order valence-electron chi connectivity index (χ4n) is 1.96. The minimum atomic E-state index is -0.0517. The number of carbonyl (C=O) groups is 1. The van der Waals surface area contributed by atoms with Gasteiger partial charge in [-0.15, -0.1) is 0 Å². The molecular weight excluding hydrogens is 298 g/mol. The molecule has 22 heavy (non-hydrogen) atoms. The van der Waals surface area contributed by atoms with Crippen LogP contribution in [0.4, 0.5) is 5.69 Å². The molecule has 0 aliphatic heterocycles. The van der Waals surface area contributed by atoms with Gasteiger partial charge in [-0.25, -0.2) is 0 Å². The molecule has 2 rings (SSSR count). The summed E-state index contributed by atoms with van der Waals surface area (Å²) >= 11 is 4.87. The highest BCUT2D eigenvalue weighted by Gasteiger charge is 2.03. The Morgan fingerprint density at radius 3 is 2.36 bits per heavy atom. The molecule has 1 aromatic heterocycles. The Labute approximate surface area is 133 Å². The Hall–Kier alpha value is -2.47. The summed E-state index contributed by atoms with van der Waals surface area (Å²) in [7, 11) is 0. The van der Waals surface area contributed by atoms with Gasteiger partial charge in [0.15, 0.2) is 5.43 Å². The van der Waals surface area contributed by atoms with Crippen LogP contribution in [0.2, 0.25) is 0 Å². The zero-order chi connectivity index (χ0) is 15.9. The predicted molar refractivity (Wildman–Crippen MR) is 90.9 cm³/mol. The number of anilines is 1. The topological polar surface area (TPSA) is 77.1 Å². The number of hydrogen-bond donors (Lipinski definition) is 2. The highest BCUT2D eigenvalue weighted by Crippen LogP contribution is 2.10. The van der Waals surface area contributed by atoms with E-state index in [1.165, 1.54) is 12.1 Å². The summed E-state index contributed by atoms with van der Waals surface area (Å²) in [4.78, 5) is 23.2. The largest absolute Gasteiger partial charge is 0.389 e. The SMILES string of the molecule is NC(=S)c1ccc(NC(=O)CCCn2ccc(=O)cc2)cc1. The molecule has 1 amide bonds. The zero-order valence-electron chi connectivity index (χ0n) is 12.0. The summed E-state index contributed by atoms with van der Waals surface area (Å²) < 4.78 is 1.88. The Morgan fingerprint density at radius 2 is 1.77 bits per heavy atom. The Bertz CT molecular complexity index is 702. The van der Waals surface area contributed by atoms with Crippen molar-refractivity contribution in [3.8, 4) is 0 Å². The van der Waals surface area contributed by atoms with Crippen molar-refractivity contribution in [1.29, 1.82) is 0 Å². The van der Waals surface area contributed by atoms with Crippen LogP contribution in [0.25, 0.3) is 0 Å². The quantitative estimate of drug-likeness (QED) is 0.798. The van der Waals surface area contributed by atoms with Gasteiger partial charge in [0.25, 0.3) is 0 Å². The van der Waals surface area contributed by atoms with Crippen molar-refractivity contribution in [3.63, 3.8) is 0 Å². The number of hydrogen-bond acceptors (Lipinski definition) is 3. The molecule has 6 heteroatoms. The Kier molecular flexibility index (Phi) is 5.43. The molecule has 3 N–H and O–H groups in total. The molecule has 0 atom stereocenters. The maximum Gasteiger partial charge on any atom is 0.224 e. The van der Waals surface area contributed by atoms with Crippen LogP contribution in [0.5, 0.6) is 0 Å². The van der Waals surface area contributed by atoms with E-state index in [1.807, 2.05) is 4.57 Å². The van der Waals surface area contributed by atoms with Crippen molar-refractivity contribution in [1.82, 2.24) is 4.57 Å². The first kappa shape index (κ1) is 15.9. The summed E-state index contributed by atoms with van der Waals surface area (Å²) in [6.07, 6.45) is 4.53. The minimum Gasteiger partial charge on any atom is -0.389 e. The third-order valence-electron chi connectivity index (χ3n) is 3.13. The molecule has 5 nitrogen and oxygen atoms in total. The van der Waals surface area contributed by atoms with Gasteiger partial charge in [-0.05, 0) is 30.7 Å². The average Bonchev–Trinajstić information content (AvgIpc) is 2.50. The fourth-order valence-corrected chi connectivity index (χ4v) is 2.09. The zero-order valence-corrected chi connectivity index (χ0v) is 12.8. The van der Waals surface area contributed by atoms with Crippen LogP contribution in [0.3, 0.4) is 0 Å². The lowest BCUT2D eigenvalue weighted by atomic mass is 10.2. The maximum absolute atomic E-state index is 11.9. The van der Waals surface area contributed by atoms with Gasteiger partial charge in [-0.3, -0.25) is 9.59 Å². The third-order valence-corrected chi connectivity index (χ3v) is 3.37. The van der Waals surface area contributed by atoms with E-state index in [1.54, 1.807) is 36.7 Å². The van der Waals surface area contributed by atoms with Gasteiger partial charge in [0.05, 0.1) is 0 Å². The number of amides is 1. The average molecular weight is 315 g/mol. The van der Waals surface area contributed by atoms with Gasteiger partial charge in [0.1, 0.15) is 4.99 Å². The summed E-state index contributed by atoms with van der Waals surface area (Å²) in [5, 5.41) is 2.82. The van der Waals surface area contributed by atoms with Gasteiger partial charge >= 0.3 is 0 Å². The van der Waals surface area contributed by atoms with Crippen LogP contribution in [-0.4, -0.2) is 15.5 Å². The maximum atomic E-state index is 11.9. The molecule has 1 aromatic carbocycles. The first-order valence-corrected chi connectivity index (χ1v) is 7.31. The van der Waals surface area contributed by atoms with Gasteiger partial charge in [-0.1, -0.05) is 12.2 Å². The second-order valence-corrected chi connectivity index (χ2v) is 5.30. The summed E-state index contributed by atoms with van der Waals surface area (Å²) in [6, 6.07) is 10.1. The number of nitrogens with zero attached hydrogens (tertiary/aromatic N) is 1. The molecule has 0 fully saturated rings. The van der Waals surface area contributed by atoms with E-state index in [-0.39, 0.29) is 11.3 Å². The van der Waals surface area contributed by atoms with Crippen LogP contribution in [0.15, 0.2) is 53.6 Å². The second kappa shape index (κ2) is 7.51. The lowest BCUT2D eigenvalue weighted by Crippen LogP contribution is -2.13. The molecule has 0 saturated carbocycles. The summed E-state index contributed by atoms with van der Waals surface area (Å²) in [5.41, 5.74) is 6.98. The van der Waals surface area contributed by atoms with Crippen molar-refractivity contribution in [3.05, 3.63) is 64.6 Å². The third kappa shape index (κ3) is 4.82. The van der Waals surface area contributed by atoms with Gasteiger partial charge < -0.3 is 15.6 Å². The van der Waals surface area contributed by atoms with E-state index in [4.69, 9.17) is 18.0 Å². The lowest BCUT2D eigenvalue weighted by molar-refractivity contribution is -0.116. The van der Waals surface area contributed by atoms with Crippen molar-refractivity contribution < 1.29 is 4.79 Å². The number of nitrogens with two attached hydrogens (primary N) is 1. The van der Waals surface area contributed by atoms with Crippen molar-refractivity contribution >= 4 is 28.8 Å². The smallest absolute Gasteiger partial charge is 0.224 e. The summed E-state index contributed by atoms with van der Waals surface area (Å²) in [6.45, 7) is 0.689. The molecular formula is C16H17N3O2S. The molecule has 0 radical (unpaired) electrons. The molecule has 1 heterocycles. The number of thiocarbonyl (C=S) groups is 1. The first-order valence-electron chi connectivity index (χ1n) is 6.90. The normalized spacial score (nSPS) is 10.2. The summed E-state index contributed by atoms with van der Waals surface area (Å²) in [5.74, 6) is -0.0517. The predicted octanol–water partition coefficient (Wildman–Crippen LogP) is 1.90. The molecule has 114 valence electrons. The molecule has 0 aliphatic rings. The van der Waals surface area contributed by atoms with Crippen LogP contribution in [0.1, 0.15) is 18.4 Å². The van der Waals surface area contributed by atoms with Crippen molar-refractivity contribution in [2.45, 2.75) is 19.4 Å². The molecule has 2 aromatic rings. The highest BCUT2D eigenvalue weighted by atomic mass is 32.1. The molecule has 0 spiro atoms. The number of rotatable bonds is 6. The number of pyridine rings is 1. The number of aryl methyl sites for hydroxylation is 1. The van der Waals surface area contributed by atoms with E-state index in [2.05, 4.69) is 5.32 Å². The number of benzene rings is 1. The number of nitrogens with one attached hydrogen (secondary N) is 1. The number of carbonyl (C=O) groups excluding carboxylic acids is 1. The highest BCUT2D eigenvalue weighted by molar-refractivity contribution is 7.80. The monoisotopic (exact) mass is 315 g/mol. The minimum absolute atomic E-state index is 0.0191. The van der Waals surface area contributed by atoms with Crippen LogP contribution < -0.4 is 16.5 Å². The van der Waals surface area contributed by atoms with E-state index in [0.717, 1.165) is 5.56 Å². The van der Waals surface area contributed by atoms with Gasteiger partial charge in [0, 0.05) is 48.7 Å². The van der Waals surface area contributed by atoms with E-state index >= 15 is 0 Å². The van der Waals surface area contributed by atoms with E-state index in [9.17, 15) is 9.59 Å². The standard InChI is InChI=1S/C16H17N3O2S/c17-16(22)12-3-5-13(6-4-12)18-15(21)2-1-9-19-10-7-14(20)8-11-19/h3-8,10-11H,1-2,9H2,(H2,17,22)(H,18,21). The fraction of sp³-hybridized carbons (Fsp3) is 0.188. The molecule has 0 bridgehead atoms. The number of aromatic nitrogens is 1. The second-order valence-electron chi connectivity index (χ2n) is 4.87. The van der Waals surface area contributed by atoms with Crippen LogP contribution in [-0.2, 0) is 11.3 Å². The Balaban J connectivity index is 1.79. The van der Waals surface area contributed by atoms with Gasteiger partial charge in [0.2, 0.25) is 5.91 Å². The van der Waals surface area contributed by atoms with Crippen molar-refractivity contribution in [2.75, 3.05) is 5.32 Å². The first-order chi connectivity index (χ1) is 10.5. The van der Waals surface area contributed by atoms with E-state index < -0.39 is 0 Å². The molecule has 0 saturated heterocycles. The van der Waals surface area contributed by atoms with Gasteiger partial charge in [-0.2, -0.15) is 0 Å².